The summed E-state index contributed by atoms with van der Waals surface area (Å²) in [4.78, 5) is 2.74. The van der Waals surface area contributed by atoms with Crippen molar-refractivity contribution in [2.45, 2.75) is 64.6 Å². The van der Waals surface area contributed by atoms with Crippen molar-refractivity contribution < 1.29 is 0 Å². The van der Waals surface area contributed by atoms with Gasteiger partial charge in [-0.05, 0) is 39.0 Å². The largest absolute Gasteiger partial charge is 0.311 e. The summed E-state index contributed by atoms with van der Waals surface area (Å²) in [6.07, 6.45) is 5.66. The average molecular weight is 210 g/mol. The van der Waals surface area contributed by atoms with Crippen molar-refractivity contribution in [1.82, 2.24) is 10.2 Å². The van der Waals surface area contributed by atoms with E-state index in [1.54, 1.807) is 0 Å². The zero-order valence-corrected chi connectivity index (χ0v) is 10.5. The zero-order chi connectivity index (χ0) is 10.8. The Balaban J connectivity index is 1.92. The SMILES string of the molecule is CCC1CN(C(C)C2CCC2)C(C)CN1. The van der Waals surface area contributed by atoms with Crippen LogP contribution in [0.2, 0.25) is 0 Å². The Morgan fingerprint density at radius 2 is 2.13 bits per heavy atom. The van der Waals surface area contributed by atoms with Gasteiger partial charge in [0, 0.05) is 31.2 Å². The van der Waals surface area contributed by atoms with Gasteiger partial charge in [0.1, 0.15) is 0 Å². The Labute approximate surface area is 94.4 Å². The van der Waals surface area contributed by atoms with Crippen LogP contribution in [0.1, 0.15) is 46.5 Å². The Kier molecular flexibility index (Phi) is 3.68. The normalized spacial score (nSPS) is 36.2. The van der Waals surface area contributed by atoms with Gasteiger partial charge in [-0.2, -0.15) is 0 Å². The van der Waals surface area contributed by atoms with E-state index >= 15 is 0 Å². The van der Waals surface area contributed by atoms with E-state index in [1.807, 2.05) is 0 Å². The van der Waals surface area contributed by atoms with E-state index in [0.717, 1.165) is 24.0 Å². The van der Waals surface area contributed by atoms with Crippen LogP contribution in [0.25, 0.3) is 0 Å². The number of piperazine rings is 1. The smallest absolute Gasteiger partial charge is 0.0196 e. The first-order valence-corrected chi connectivity index (χ1v) is 6.71. The van der Waals surface area contributed by atoms with Crippen LogP contribution in [0, 0.1) is 5.92 Å². The summed E-state index contributed by atoms with van der Waals surface area (Å²) in [6, 6.07) is 2.26. The van der Waals surface area contributed by atoms with Crippen LogP contribution in [-0.4, -0.2) is 36.1 Å². The molecule has 88 valence electrons. The third-order valence-electron chi connectivity index (χ3n) is 4.55. The van der Waals surface area contributed by atoms with Crippen molar-refractivity contribution in [3.8, 4) is 0 Å². The average Bonchev–Trinajstić information content (AvgIpc) is 2.15. The fraction of sp³-hybridized carbons (Fsp3) is 1.00. The fourth-order valence-electron chi connectivity index (χ4n) is 2.99. The highest BCUT2D eigenvalue weighted by Gasteiger charge is 2.33. The van der Waals surface area contributed by atoms with Gasteiger partial charge in [-0.25, -0.2) is 0 Å². The summed E-state index contributed by atoms with van der Waals surface area (Å²) in [5.41, 5.74) is 0. The van der Waals surface area contributed by atoms with Crippen LogP contribution in [0.4, 0.5) is 0 Å². The van der Waals surface area contributed by atoms with Crippen molar-refractivity contribution in [2.75, 3.05) is 13.1 Å². The van der Waals surface area contributed by atoms with Gasteiger partial charge in [0.05, 0.1) is 0 Å². The summed E-state index contributed by atoms with van der Waals surface area (Å²) >= 11 is 0. The van der Waals surface area contributed by atoms with Gasteiger partial charge in [-0.3, -0.25) is 4.90 Å². The molecule has 0 aromatic rings. The topological polar surface area (TPSA) is 15.3 Å². The van der Waals surface area contributed by atoms with Crippen molar-refractivity contribution >= 4 is 0 Å². The molecule has 1 aliphatic heterocycles. The molecule has 2 fully saturated rings. The van der Waals surface area contributed by atoms with Crippen LogP contribution < -0.4 is 5.32 Å². The standard InChI is InChI=1S/C13H26N2/c1-4-13-9-15(10(2)8-14-13)11(3)12-6-5-7-12/h10-14H,4-9H2,1-3H3. The minimum atomic E-state index is 0.725. The molecule has 2 rings (SSSR count). The summed E-state index contributed by atoms with van der Waals surface area (Å²) in [7, 11) is 0. The molecular weight excluding hydrogens is 184 g/mol. The summed E-state index contributed by atoms with van der Waals surface area (Å²) in [5.74, 6) is 0.989. The molecular formula is C13H26N2. The minimum absolute atomic E-state index is 0.725. The van der Waals surface area contributed by atoms with Crippen LogP contribution in [-0.2, 0) is 0 Å². The monoisotopic (exact) mass is 210 g/mol. The zero-order valence-electron chi connectivity index (χ0n) is 10.5. The van der Waals surface area contributed by atoms with E-state index in [9.17, 15) is 0 Å². The fourth-order valence-corrected chi connectivity index (χ4v) is 2.99. The van der Waals surface area contributed by atoms with Crippen molar-refractivity contribution in [1.29, 1.82) is 0 Å². The van der Waals surface area contributed by atoms with Gasteiger partial charge >= 0.3 is 0 Å². The highest BCUT2D eigenvalue weighted by Crippen LogP contribution is 2.33. The molecule has 0 aromatic heterocycles. The molecule has 2 nitrogen and oxygen atoms in total. The van der Waals surface area contributed by atoms with Crippen LogP contribution in [0.3, 0.4) is 0 Å². The van der Waals surface area contributed by atoms with E-state index in [0.29, 0.717) is 0 Å². The van der Waals surface area contributed by atoms with Gasteiger partial charge < -0.3 is 5.32 Å². The lowest BCUT2D eigenvalue weighted by molar-refractivity contribution is 0.0429. The van der Waals surface area contributed by atoms with Crippen molar-refractivity contribution in [2.24, 2.45) is 5.92 Å². The first-order chi connectivity index (χ1) is 7.22. The first kappa shape index (κ1) is 11.4. The van der Waals surface area contributed by atoms with Crippen molar-refractivity contribution in [3.05, 3.63) is 0 Å². The Morgan fingerprint density at radius 1 is 1.40 bits per heavy atom. The van der Waals surface area contributed by atoms with Gasteiger partial charge in [-0.1, -0.05) is 13.3 Å². The molecule has 1 N–H and O–H groups in total. The van der Waals surface area contributed by atoms with Crippen LogP contribution >= 0.6 is 0 Å². The highest BCUT2D eigenvalue weighted by atomic mass is 15.2. The molecule has 1 aliphatic carbocycles. The lowest BCUT2D eigenvalue weighted by Gasteiger charge is -2.46. The molecule has 2 aliphatic rings. The highest BCUT2D eigenvalue weighted by molar-refractivity contribution is 4.90. The van der Waals surface area contributed by atoms with E-state index in [2.05, 4.69) is 31.0 Å². The van der Waals surface area contributed by atoms with Crippen LogP contribution in [0.15, 0.2) is 0 Å². The second-order valence-electron chi connectivity index (χ2n) is 5.49. The number of nitrogens with one attached hydrogen (secondary N) is 1. The summed E-state index contributed by atoms with van der Waals surface area (Å²) < 4.78 is 0. The van der Waals surface area contributed by atoms with Gasteiger partial charge in [-0.15, -0.1) is 0 Å². The predicted molar refractivity (Wildman–Crippen MR) is 65.1 cm³/mol. The second kappa shape index (κ2) is 4.84. The van der Waals surface area contributed by atoms with E-state index in [-0.39, 0.29) is 0 Å². The maximum atomic E-state index is 3.64. The molecule has 0 amide bonds. The number of nitrogens with zero attached hydrogens (tertiary/aromatic N) is 1. The molecule has 1 saturated carbocycles. The Bertz CT molecular complexity index is 201. The third-order valence-corrected chi connectivity index (χ3v) is 4.55. The maximum absolute atomic E-state index is 3.64. The molecule has 1 heterocycles. The molecule has 0 bridgehead atoms. The molecule has 3 atom stereocenters. The van der Waals surface area contributed by atoms with Crippen molar-refractivity contribution in [3.63, 3.8) is 0 Å². The first-order valence-electron chi connectivity index (χ1n) is 6.71. The molecule has 2 heteroatoms. The number of rotatable bonds is 3. The summed E-state index contributed by atoms with van der Waals surface area (Å²) in [5, 5.41) is 3.64. The second-order valence-corrected chi connectivity index (χ2v) is 5.49. The van der Waals surface area contributed by atoms with Gasteiger partial charge in [0.15, 0.2) is 0 Å². The van der Waals surface area contributed by atoms with Gasteiger partial charge in [0.25, 0.3) is 0 Å². The molecule has 0 aromatic carbocycles. The van der Waals surface area contributed by atoms with Crippen LogP contribution in [0.5, 0.6) is 0 Å². The Hall–Kier alpha value is -0.0800. The maximum Gasteiger partial charge on any atom is 0.0196 e. The lowest BCUT2D eigenvalue weighted by atomic mass is 9.79. The molecule has 0 spiro atoms. The Morgan fingerprint density at radius 3 is 2.67 bits per heavy atom. The lowest BCUT2D eigenvalue weighted by Crippen LogP contribution is -2.59. The number of hydrogen-bond donors (Lipinski definition) is 1. The third kappa shape index (κ3) is 2.36. The van der Waals surface area contributed by atoms with E-state index in [1.165, 1.54) is 38.8 Å². The summed E-state index contributed by atoms with van der Waals surface area (Å²) in [6.45, 7) is 9.54. The molecule has 1 saturated heterocycles. The minimum Gasteiger partial charge on any atom is -0.311 e. The van der Waals surface area contributed by atoms with E-state index < -0.39 is 0 Å². The number of hydrogen-bond acceptors (Lipinski definition) is 2. The van der Waals surface area contributed by atoms with E-state index in [4.69, 9.17) is 0 Å². The quantitative estimate of drug-likeness (QED) is 0.768. The molecule has 0 radical (unpaired) electrons. The molecule has 15 heavy (non-hydrogen) atoms. The predicted octanol–water partition coefficient (Wildman–Crippen LogP) is 2.25. The van der Waals surface area contributed by atoms with Gasteiger partial charge in [0.2, 0.25) is 0 Å². The molecule has 3 unspecified atom stereocenters.